The van der Waals surface area contributed by atoms with E-state index in [-0.39, 0.29) is 35.6 Å². The summed E-state index contributed by atoms with van der Waals surface area (Å²) in [7, 11) is 0. The van der Waals surface area contributed by atoms with E-state index in [2.05, 4.69) is 10.6 Å². The molecular weight excluding hydrogens is 373 g/mol. The molecule has 0 radical (unpaired) electrons. The maximum absolute atomic E-state index is 13.7. The second-order valence-electron chi connectivity index (χ2n) is 7.94. The van der Waals surface area contributed by atoms with Crippen LogP contribution in [0, 0.1) is 18.7 Å². The van der Waals surface area contributed by atoms with Crippen LogP contribution in [0.4, 0.5) is 9.18 Å². The fraction of sp³-hybridized carbons (Fsp3) is 0.455. The van der Waals surface area contributed by atoms with Crippen LogP contribution in [0.15, 0.2) is 41.0 Å². The minimum Gasteiger partial charge on any atom is -0.467 e. The van der Waals surface area contributed by atoms with E-state index >= 15 is 0 Å². The predicted molar refractivity (Wildman–Crippen MR) is 108 cm³/mol. The minimum atomic E-state index is -0.355. The van der Waals surface area contributed by atoms with Gasteiger partial charge in [-0.05, 0) is 56.5 Å². The van der Waals surface area contributed by atoms with Crippen molar-refractivity contribution in [2.45, 2.75) is 45.7 Å². The van der Waals surface area contributed by atoms with Crippen molar-refractivity contribution >= 4 is 11.9 Å². The van der Waals surface area contributed by atoms with Crippen molar-refractivity contribution in [3.8, 4) is 0 Å². The third-order valence-electron chi connectivity index (χ3n) is 5.19. The van der Waals surface area contributed by atoms with Gasteiger partial charge in [0.2, 0.25) is 5.91 Å². The van der Waals surface area contributed by atoms with E-state index in [4.69, 9.17) is 4.42 Å². The molecule has 1 aromatic heterocycles. The zero-order valence-electron chi connectivity index (χ0n) is 17.1. The van der Waals surface area contributed by atoms with Crippen molar-refractivity contribution in [2.24, 2.45) is 5.92 Å². The van der Waals surface area contributed by atoms with Crippen LogP contribution in [0.3, 0.4) is 0 Å². The van der Waals surface area contributed by atoms with Gasteiger partial charge in [-0.2, -0.15) is 0 Å². The SMILES string of the molecule is Cc1cc([C@H]2C[C@@H](C(=O)NCc3ccco3)CN(C(=O)NC(C)C)C2)ccc1F. The van der Waals surface area contributed by atoms with Gasteiger partial charge < -0.3 is 20.0 Å². The van der Waals surface area contributed by atoms with E-state index in [0.717, 1.165) is 5.56 Å². The van der Waals surface area contributed by atoms with Crippen molar-refractivity contribution in [1.82, 2.24) is 15.5 Å². The smallest absolute Gasteiger partial charge is 0.317 e. The highest BCUT2D eigenvalue weighted by atomic mass is 19.1. The second kappa shape index (κ2) is 9.11. The molecule has 0 bridgehead atoms. The summed E-state index contributed by atoms with van der Waals surface area (Å²) in [5, 5.41) is 5.80. The minimum absolute atomic E-state index is 0.00201. The van der Waals surface area contributed by atoms with Crippen LogP contribution in [0.25, 0.3) is 0 Å². The Balaban J connectivity index is 1.76. The largest absolute Gasteiger partial charge is 0.467 e. The van der Waals surface area contributed by atoms with E-state index in [1.165, 1.54) is 6.07 Å². The molecule has 3 rings (SSSR count). The van der Waals surface area contributed by atoms with Crippen molar-refractivity contribution < 1.29 is 18.4 Å². The van der Waals surface area contributed by atoms with Gasteiger partial charge in [-0.1, -0.05) is 12.1 Å². The lowest BCUT2D eigenvalue weighted by atomic mass is 9.83. The van der Waals surface area contributed by atoms with Crippen molar-refractivity contribution in [1.29, 1.82) is 0 Å². The molecule has 2 aromatic rings. The fourth-order valence-electron chi connectivity index (χ4n) is 3.69. The lowest BCUT2D eigenvalue weighted by Crippen LogP contribution is -2.52. The standard InChI is InChI=1S/C22H28FN3O3/c1-14(2)25-22(28)26-12-17(16-6-7-20(23)15(3)9-16)10-18(13-26)21(27)24-11-19-5-4-8-29-19/h4-9,14,17-18H,10-13H2,1-3H3,(H,24,27)(H,25,28)/t17-,18+/m0/s1. The molecule has 3 amide bonds. The molecule has 1 fully saturated rings. The van der Waals surface area contributed by atoms with Gasteiger partial charge in [0.15, 0.2) is 0 Å². The first-order valence-electron chi connectivity index (χ1n) is 9.95. The number of hydrogen-bond acceptors (Lipinski definition) is 3. The highest BCUT2D eigenvalue weighted by Gasteiger charge is 2.34. The van der Waals surface area contributed by atoms with E-state index in [1.54, 1.807) is 36.3 Å². The first-order chi connectivity index (χ1) is 13.8. The third-order valence-corrected chi connectivity index (χ3v) is 5.19. The summed E-state index contributed by atoms with van der Waals surface area (Å²) in [4.78, 5) is 27.1. The van der Waals surface area contributed by atoms with Gasteiger partial charge in [0.05, 0.1) is 18.7 Å². The predicted octanol–water partition coefficient (Wildman–Crippen LogP) is 3.57. The molecule has 2 heterocycles. The molecule has 156 valence electrons. The van der Waals surface area contributed by atoms with Gasteiger partial charge >= 0.3 is 6.03 Å². The lowest BCUT2D eigenvalue weighted by Gasteiger charge is -2.37. The molecule has 7 heteroatoms. The van der Waals surface area contributed by atoms with Crippen molar-refractivity contribution in [2.75, 3.05) is 13.1 Å². The molecule has 1 aromatic carbocycles. The molecular formula is C22H28FN3O3. The first kappa shape index (κ1) is 20.9. The van der Waals surface area contributed by atoms with E-state index < -0.39 is 0 Å². The molecule has 0 unspecified atom stereocenters. The van der Waals surface area contributed by atoms with Gasteiger partial charge in [-0.3, -0.25) is 4.79 Å². The summed E-state index contributed by atoms with van der Waals surface area (Å²) in [5.74, 6) is -0.0967. The molecule has 1 aliphatic heterocycles. The van der Waals surface area contributed by atoms with Crippen LogP contribution in [0.1, 0.15) is 43.1 Å². The molecule has 0 spiro atoms. The summed E-state index contributed by atoms with van der Waals surface area (Å²) in [6.07, 6.45) is 2.16. The van der Waals surface area contributed by atoms with Gasteiger partial charge in [0, 0.05) is 25.0 Å². The molecule has 0 aliphatic carbocycles. The number of halogens is 1. The first-order valence-corrected chi connectivity index (χ1v) is 9.95. The Morgan fingerprint density at radius 2 is 2.07 bits per heavy atom. The van der Waals surface area contributed by atoms with Gasteiger partial charge in [0.25, 0.3) is 0 Å². The van der Waals surface area contributed by atoms with Gasteiger partial charge in [-0.15, -0.1) is 0 Å². The Labute approximate surface area is 170 Å². The quantitative estimate of drug-likeness (QED) is 0.804. The number of amides is 3. The molecule has 1 aliphatic rings. The van der Waals surface area contributed by atoms with Gasteiger partial charge in [-0.25, -0.2) is 9.18 Å². The Morgan fingerprint density at radius 1 is 1.28 bits per heavy atom. The Kier molecular flexibility index (Phi) is 6.56. The molecule has 29 heavy (non-hydrogen) atoms. The number of carbonyl (C=O) groups excluding carboxylic acids is 2. The molecule has 0 saturated carbocycles. The number of piperidine rings is 1. The van der Waals surface area contributed by atoms with Crippen LogP contribution in [-0.4, -0.2) is 36.0 Å². The topological polar surface area (TPSA) is 74.6 Å². The highest BCUT2D eigenvalue weighted by Crippen LogP contribution is 2.31. The third kappa shape index (κ3) is 5.37. The Bertz CT molecular complexity index is 851. The maximum atomic E-state index is 13.7. The fourth-order valence-corrected chi connectivity index (χ4v) is 3.69. The number of likely N-dealkylation sites (tertiary alicyclic amines) is 1. The number of benzene rings is 1. The average molecular weight is 401 g/mol. The van der Waals surface area contributed by atoms with Crippen LogP contribution in [-0.2, 0) is 11.3 Å². The average Bonchev–Trinajstić information content (AvgIpc) is 3.21. The van der Waals surface area contributed by atoms with E-state index in [0.29, 0.717) is 37.4 Å². The number of hydrogen-bond donors (Lipinski definition) is 2. The number of urea groups is 1. The summed E-state index contributed by atoms with van der Waals surface area (Å²) in [6, 6.07) is 8.38. The lowest BCUT2D eigenvalue weighted by molar-refractivity contribution is -0.126. The van der Waals surface area contributed by atoms with Crippen molar-refractivity contribution in [3.05, 3.63) is 59.3 Å². The zero-order valence-corrected chi connectivity index (χ0v) is 17.1. The highest BCUT2D eigenvalue weighted by molar-refractivity contribution is 5.81. The van der Waals surface area contributed by atoms with Crippen LogP contribution >= 0.6 is 0 Å². The summed E-state index contributed by atoms with van der Waals surface area (Å²) in [5.41, 5.74) is 1.50. The summed E-state index contributed by atoms with van der Waals surface area (Å²) in [6.45, 7) is 6.66. The Morgan fingerprint density at radius 3 is 2.72 bits per heavy atom. The number of aryl methyl sites for hydroxylation is 1. The Hall–Kier alpha value is -2.83. The van der Waals surface area contributed by atoms with Gasteiger partial charge in [0.1, 0.15) is 11.6 Å². The van der Waals surface area contributed by atoms with Crippen LogP contribution in [0.2, 0.25) is 0 Å². The van der Waals surface area contributed by atoms with Crippen LogP contribution in [0.5, 0.6) is 0 Å². The maximum Gasteiger partial charge on any atom is 0.317 e. The number of carbonyl (C=O) groups is 2. The van der Waals surface area contributed by atoms with E-state index in [9.17, 15) is 14.0 Å². The molecule has 1 saturated heterocycles. The number of furan rings is 1. The van der Waals surface area contributed by atoms with Crippen molar-refractivity contribution in [3.63, 3.8) is 0 Å². The summed E-state index contributed by atoms with van der Waals surface area (Å²) >= 11 is 0. The summed E-state index contributed by atoms with van der Waals surface area (Å²) < 4.78 is 19.0. The van der Waals surface area contributed by atoms with Crippen LogP contribution < -0.4 is 10.6 Å². The van der Waals surface area contributed by atoms with E-state index in [1.807, 2.05) is 19.9 Å². The normalized spacial score (nSPS) is 19.3. The molecule has 2 N–H and O–H groups in total. The monoisotopic (exact) mass is 401 g/mol. The zero-order chi connectivity index (χ0) is 21.0. The number of nitrogens with zero attached hydrogens (tertiary/aromatic N) is 1. The number of nitrogens with one attached hydrogen (secondary N) is 2. The second-order valence-corrected chi connectivity index (χ2v) is 7.94. The molecule has 2 atom stereocenters. The molecule has 6 nitrogen and oxygen atoms in total. The number of rotatable bonds is 5.